The van der Waals surface area contributed by atoms with E-state index < -0.39 is 12.0 Å². The van der Waals surface area contributed by atoms with Crippen LogP contribution < -0.4 is 5.32 Å². The average molecular weight is 222 g/mol. The summed E-state index contributed by atoms with van der Waals surface area (Å²) in [6, 6.07) is 8.59. The Hall–Kier alpha value is -1.39. The first-order valence-corrected chi connectivity index (χ1v) is 5.27. The maximum Gasteiger partial charge on any atom is 0.325 e. The number of benzene rings is 1. The van der Waals surface area contributed by atoms with Gasteiger partial charge in [-0.3, -0.25) is 10.1 Å². The lowest BCUT2D eigenvalue weighted by Gasteiger charge is -2.16. The molecule has 0 spiro atoms. The molecule has 1 unspecified atom stereocenters. The van der Waals surface area contributed by atoms with Crippen molar-refractivity contribution in [3.63, 3.8) is 0 Å². The molecule has 0 aliphatic heterocycles. The van der Waals surface area contributed by atoms with Gasteiger partial charge in [-0.25, -0.2) is 0 Å². The van der Waals surface area contributed by atoms with Gasteiger partial charge in [0.05, 0.1) is 0 Å². The summed E-state index contributed by atoms with van der Waals surface area (Å²) in [7, 11) is 3.92. The van der Waals surface area contributed by atoms with Crippen LogP contribution in [0.2, 0.25) is 0 Å². The second-order valence-corrected chi connectivity index (χ2v) is 3.94. The third-order valence-electron chi connectivity index (χ3n) is 2.29. The molecule has 0 aromatic heterocycles. The molecule has 0 heterocycles. The van der Waals surface area contributed by atoms with Crippen molar-refractivity contribution in [1.29, 1.82) is 0 Å². The van der Waals surface area contributed by atoms with Crippen molar-refractivity contribution in [2.45, 2.75) is 6.04 Å². The zero-order valence-corrected chi connectivity index (χ0v) is 9.68. The number of nitrogens with zero attached hydrogens (tertiary/aromatic N) is 1. The van der Waals surface area contributed by atoms with Crippen LogP contribution in [-0.4, -0.2) is 43.2 Å². The summed E-state index contributed by atoms with van der Waals surface area (Å²) in [5, 5.41) is 12.1. The summed E-state index contributed by atoms with van der Waals surface area (Å²) in [6.07, 6.45) is 0. The molecule has 88 valence electrons. The minimum Gasteiger partial charge on any atom is -0.480 e. The van der Waals surface area contributed by atoms with Crippen molar-refractivity contribution < 1.29 is 9.90 Å². The molecule has 1 aromatic carbocycles. The quantitative estimate of drug-likeness (QED) is 0.753. The Morgan fingerprint density at radius 2 is 2.00 bits per heavy atom. The lowest BCUT2D eigenvalue weighted by molar-refractivity contribution is -0.139. The number of hydrogen-bond acceptors (Lipinski definition) is 3. The van der Waals surface area contributed by atoms with E-state index in [9.17, 15) is 4.79 Å². The largest absolute Gasteiger partial charge is 0.480 e. The number of carboxylic acids is 1. The lowest BCUT2D eigenvalue weighted by atomic mass is 10.1. The summed E-state index contributed by atoms with van der Waals surface area (Å²) >= 11 is 0. The van der Waals surface area contributed by atoms with Crippen LogP contribution >= 0.6 is 0 Å². The van der Waals surface area contributed by atoms with Crippen LogP contribution in [-0.2, 0) is 4.79 Å². The highest BCUT2D eigenvalue weighted by molar-refractivity contribution is 5.75. The molecule has 0 saturated carbocycles. The molecule has 1 atom stereocenters. The Labute approximate surface area is 95.9 Å². The molecule has 0 saturated heterocycles. The van der Waals surface area contributed by atoms with Gasteiger partial charge in [0, 0.05) is 13.1 Å². The number of nitrogens with one attached hydrogen (secondary N) is 1. The fraction of sp³-hybridized carbons (Fsp3) is 0.417. The van der Waals surface area contributed by atoms with Gasteiger partial charge in [0.2, 0.25) is 0 Å². The van der Waals surface area contributed by atoms with E-state index in [1.807, 2.05) is 49.3 Å². The third-order valence-corrected chi connectivity index (χ3v) is 2.29. The van der Waals surface area contributed by atoms with Crippen LogP contribution in [0.15, 0.2) is 30.3 Å². The van der Waals surface area contributed by atoms with Gasteiger partial charge in [0.1, 0.15) is 6.04 Å². The molecule has 2 N–H and O–H groups in total. The van der Waals surface area contributed by atoms with Crippen LogP contribution in [0.3, 0.4) is 0 Å². The second-order valence-electron chi connectivity index (χ2n) is 3.94. The first-order valence-electron chi connectivity index (χ1n) is 5.27. The molecule has 0 radical (unpaired) electrons. The SMILES string of the molecule is CN(C)CCNC(C(=O)O)c1ccccc1. The summed E-state index contributed by atoms with van der Waals surface area (Å²) < 4.78 is 0. The van der Waals surface area contributed by atoms with Crippen molar-refractivity contribution in [3.05, 3.63) is 35.9 Å². The van der Waals surface area contributed by atoms with E-state index in [1.165, 1.54) is 0 Å². The highest BCUT2D eigenvalue weighted by Gasteiger charge is 2.18. The van der Waals surface area contributed by atoms with E-state index in [0.29, 0.717) is 6.54 Å². The minimum absolute atomic E-state index is 0.624. The monoisotopic (exact) mass is 222 g/mol. The van der Waals surface area contributed by atoms with Crippen molar-refractivity contribution in [2.75, 3.05) is 27.2 Å². The normalized spacial score (nSPS) is 12.7. The Morgan fingerprint density at radius 1 is 1.38 bits per heavy atom. The second kappa shape index (κ2) is 6.25. The fourth-order valence-electron chi connectivity index (χ4n) is 1.43. The van der Waals surface area contributed by atoms with Gasteiger partial charge < -0.3 is 10.0 Å². The fourth-order valence-corrected chi connectivity index (χ4v) is 1.43. The standard InChI is InChI=1S/C12H18N2O2/c1-14(2)9-8-13-11(12(15)16)10-6-4-3-5-7-10/h3-7,11,13H,8-9H2,1-2H3,(H,15,16). The van der Waals surface area contributed by atoms with Gasteiger partial charge in [0.15, 0.2) is 0 Å². The third kappa shape index (κ3) is 4.00. The summed E-state index contributed by atoms with van der Waals surface area (Å²) in [5.74, 6) is -0.843. The van der Waals surface area contributed by atoms with Crippen LogP contribution in [0.5, 0.6) is 0 Å². The zero-order chi connectivity index (χ0) is 12.0. The van der Waals surface area contributed by atoms with Crippen LogP contribution in [0.25, 0.3) is 0 Å². The van der Waals surface area contributed by atoms with Crippen LogP contribution in [0.1, 0.15) is 11.6 Å². The topological polar surface area (TPSA) is 52.6 Å². The van der Waals surface area contributed by atoms with Crippen molar-refractivity contribution in [1.82, 2.24) is 10.2 Å². The van der Waals surface area contributed by atoms with Gasteiger partial charge in [-0.15, -0.1) is 0 Å². The Bertz CT molecular complexity index is 325. The highest BCUT2D eigenvalue weighted by atomic mass is 16.4. The predicted molar refractivity (Wildman–Crippen MR) is 63.4 cm³/mol. The molecule has 0 bridgehead atoms. The van der Waals surface area contributed by atoms with E-state index in [2.05, 4.69) is 5.32 Å². The Kier molecular flexibility index (Phi) is 4.95. The van der Waals surface area contributed by atoms with Gasteiger partial charge in [0.25, 0.3) is 0 Å². The number of hydrogen-bond donors (Lipinski definition) is 2. The van der Waals surface area contributed by atoms with E-state index in [1.54, 1.807) is 0 Å². The smallest absolute Gasteiger partial charge is 0.325 e. The van der Waals surface area contributed by atoms with Gasteiger partial charge >= 0.3 is 5.97 Å². The van der Waals surface area contributed by atoms with Crippen molar-refractivity contribution in [3.8, 4) is 0 Å². The van der Waals surface area contributed by atoms with E-state index >= 15 is 0 Å². The lowest BCUT2D eigenvalue weighted by Crippen LogP contribution is -2.33. The Morgan fingerprint density at radius 3 is 2.50 bits per heavy atom. The molecule has 0 fully saturated rings. The first-order chi connectivity index (χ1) is 7.61. The maximum atomic E-state index is 11.1. The van der Waals surface area contributed by atoms with E-state index in [-0.39, 0.29) is 0 Å². The van der Waals surface area contributed by atoms with Crippen molar-refractivity contribution in [2.24, 2.45) is 0 Å². The Balaban J connectivity index is 2.59. The molecule has 0 aliphatic carbocycles. The molecular formula is C12H18N2O2. The summed E-state index contributed by atoms with van der Waals surface area (Å²) in [6.45, 7) is 1.47. The number of rotatable bonds is 6. The molecule has 0 amide bonds. The van der Waals surface area contributed by atoms with Gasteiger partial charge in [-0.2, -0.15) is 0 Å². The molecule has 0 aliphatic rings. The van der Waals surface area contributed by atoms with Gasteiger partial charge in [-0.05, 0) is 19.7 Å². The minimum atomic E-state index is -0.843. The van der Waals surface area contributed by atoms with E-state index in [0.717, 1.165) is 12.1 Å². The average Bonchev–Trinajstić information content (AvgIpc) is 2.25. The highest BCUT2D eigenvalue weighted by Crippen LogP contribution is 2.11. The zero-order valence-electron chi connectivity index (χ0n) is 9.68. The first kappa shape index (κ1) is 12.7. The molecule has 16 heavy (non-hydrogen) atoms. The summed E-state index contributed by atoms with van der Waals surface area (Å²) in [4.78, 5) is 13.1. The number of carboxylic acid groups (broad SMARTS) is 1. The molecule has 1 rings (SSSR count). The van der Waals surface area contributed by atoms with Crippen LogP contribution in [0, 0.1) is 0 Å². The van der Waals surface area contributed by atoms with Crippen molar-refractivity contribution >= 4 is 5.97 Å². The molecule has 4 nitrogen and oxygen atoms in total. The maximum absolute atomic E-state index is 11.1. The molecule has 1 aromatic rings. The van der Waals surface area contributed by atoms with E-state index in [4.69, 9.17) is 5.11 Å². The number of aliphatic carboxylic acids is 1. The molecule has 4 heteroatoms. The number of carbonyl (C=O) groups is 1. The predicted octanol–water partition coefficient (Wildman–Crippen LogP) is 0.963. The molecular weight excluding hydrogens is 204 g/mol. The van der Waals surface area contributed by atoms with Crippen LogP contribution in [0.4, 0.5) is 0 Å². The summed E-state index contributed by atoms with van der Waals surface area (Å²) in [5.41, 5.74) is 0.786. The number of likely N-dealkylation sites (N-methyl/N-ethyl adjacent to an activating group) is 1. The van der Waals surface area contributed by atoms with Gasteiger partial charge in [-0.1, -0.05) is 30.3 Å².